The molecule has 0 aromatic rings. The lowest BCUT2D eigenvalue weighted by molar-refractivity contribution is 0.0676. The van der Waals surface area contributed by atoms with Crippen LogP contribution in [0.3, 0.4) is 0 Å². The van der Waals surface area contributed by atoms with Crippen LogP contribution in [0.1, 0.15) is 25.7 Å². The van der Waals surface area contributed by atoms with Crippen LogP contribution in [0, 0.1) is 0 Å². The van der Waals surface area contributed by atoms with Crippen LogP contribution in [0.2, 0.25) is 0 Å². The molecular weight excluding hydrogens is 180 g/mol. The van der Waals surface area contributed by atoms with Gasteiger partial charge in [0.2, 0.25) is 0 Å². The maximum absolute atomic E-state index is 11.4. The van der Waals surface area contributed by atoms with Gasteiger partial charge in [0.1, 0.15) is 6.10 Å². The van der Waals surface area contributed by atoms with Gasteiger partial charge in [0.15, 0.2) is 0 Å². The maximum atomic E-state index is 11.4. The largest absolute Gasteiger partial charge is 0.444 e. The molecule has 0 spiro atoms. The molecule has 2 rings (SSSR count). The van der Waals surface area contributed by atoms with Crippen molar-refractivity contribution in [3.8, 4) is 0 Å². The number of carbonyl (C=O) groups excluding carboxylic acids is 1. The molecule has 0 saturated carbocycles. The highest BCUT2D eigenvalue weighted by Crippen LogP contribution is 2.29. The van der Waals surface area contributed by atoms with E-state index < -0.39 is 0 Å². The molecule has 2 bridgehead atoms. The molecule has 3 atom stereocenters. The predicted molar refractivity (Wildman–Crippen MR) is 53.1 cm³/mol. The van der Waals surface area contributed by atoms with E-state index in [1.807, 2.05) is 0 Å². The van der Waals surface area contributed by atoms with E-state index in [4.69, 9.17) is 4.74 Å². The van der Waals surface area contributed by atoms with Crippen LogP contribution >= 0.6 is 0 Å². The van der Waals surface area contributed by atoms with Crippen molar-refractivity contribution >= 4 is 6.09 Å². The van der Waals surface area contributed by atoms with Crippen LogP contribution in [-0.4, -0.2) is 43.3 Å². The Morgan fingerprint density at radius 3 is 2.86 bits per heavy atom. The topological polar surface area (TPSA) is 41.6 Å². The Bertz CT molecular complexity index is 230. The molecule has 4 heteroatoms. The second kappa shape index (κ2) is 3.77. The van der Waals surface area contributed by atoms with Crippen LogP contribution in [0.5, 0.6) is 0 Å². The molecule has 4 nitrogen and oxygen atoms in total. The van der Waals surface area contributed by atoms with Crippen molar-refractivity contribution < 1.29 is 9.53 Å². The lowest BCUT2D eigenvalue weighted by Gasteiger charge is -2.23. The summed E-state index contributed by atoms with van der Waals surface area (Å²) in [4.78, 5) is 12.9. The van der Waals surface area contributed by atoms with E-state index in [0.29, 0.717) is 12.1 Å². The average Bonchev–Trinajstić information content (AvgIpc) is 2.41. The molecular formula is C10H18N2O2. The monoisotopic (exact) mass is 198 g/mol. The Morgan fingerprint density at radius 1 is 1.43 bits per heavy atom. The summed E-state index contributed by atoms with van der Waals surface area (Å²) in [6, 6.07) is 0.978. The Labute approximate surface area is 84.6 Å². The third-order valence-corrected chi connectivity index (χ3v) is 3.10. The van der Waals surface area contributed by atoms with Gasteiger partial charge in [-0.2, -0.15) is 0 Å². The van der Waals surface area contributed by atoms with Crippen LogP contribution < -0.4 is 5.32 Å². The smallest absolute Gasteiger partial charge is 0.409 e. The summed E-state index contributed by atoms with van der Waals surface area (Å²) in [6.07, 6.45) is 4.50. The number of hydrogen-bond acceptors (Lipinski definition) is 3. The molecule has 2 aliphatic rings. The molecule has 0 aliphatic carbocycles. The van der Waals surface area contributed by atoms with E-state index in [1.54, 1.807) is 14.1 Å². The number of nitrogens with zero attached hydrogens (tertiary/aromatic N) is 1. The maximum Gasteiger partial charge on any atom is 0.409 e. The van der Waals surface area contributed by atoms with Gasteiger partial charge in [-0.25, -0.2) is 4.79 Å². The minimum absolute atomic E-state index is 0.0948. The van der Waals surface area contributed by atoms with Crippen molar-refractivity contribution in [2.45, 2.75) is 43.9 Å². The second-order valence-electron chi connectivity index (χ2n) is 4.45. The van der Waals surface area contributed by atoms with Gasteiger partial charge in [-0.1, -0.05) is 6.42 Å². The minimum atomic E-state index is -0.218. The highest BCUT2D eigenvalue weighted by Gasteiger charge is 2.38. The summed E-state index contributed by atoms with van der Waals surface area (Å²) in [5.41, 5.74) is 0. The summed E-state index contributed by atoms with van der Waals surface area (Å²) < 4.78 is 5.41. The quantitative estimate of drug-likeness (QED) is 0.682. The van der Waals surface area contributed by atoms with E-state index >= 15 is 0 Å². The molecule has 0 aromatic carbocycles. The van der Waals surface area contributed by atoms with Crippen LogP contribution in [-0.2, 0) is 4.74 Å². The summed E-state index contributed by atoms with van der Waals surface area (Å²) in [7, 11) is 3.44. The van der Waals surface area contributed by atoms with Crippen molar-refractivity contribution in [1.82, 2.24) is 10.2 Å². The fraction of sp³-hybridized carbons (Fsp3) is 0.900. The number of amides is 1. The van der Waals surface area contributed by atoms with E-state index in [-0.39, 0.29) is 12.2 Å². The zero-order valence-corrected chi connectivity index (χ0v) is 8.82. The van der Waals surface area contributed by atoms with Gasteiger partial charge >= 0.3 is 6.09 Å². The number of nitrogens with one attached hydrogen (secondary N) is 1. The number of carbonyl (C=O) groups is 1. The van der Waals surface area contributed by atoms with Gasteiger partial charge in [-0.15, -0.1) is 0 Å². The van der Waals surface area contributed by atoms with Crippen LogP contribution in [0.25, 0.3) is 0 Å². The lowest BCUT2D eigenvalue weighted by Crippen LogP contribution is -2.39. The highest BCUT2D eigenvalue weighted by atomic mass is 16.6. The number of fused-ring (bicyclic) bond motifs is 2. The first kappa shape index (κ1) is 9.77. The van der Waals surface area contributed by atoms with Crippen LogP contribution in [0.15, 0.2) is 0 Å². The highest BCUT2D eigenvalue weighted by molar-refractivity contribution is 5.67. The van der Waals surface area contributed by atoms with Gasteiger partial charge in [-0.3, -0.25) is 0 Å². The third kappa shape index (κ3) is 1.85. The second-order valence-corrected chi connectivity index (χ2v) is 4.45. The molecule has 2 heterocycles. The number of rotatable bonds is 1. The fourth-order valence-corrected chi connectivity index (χ4v) is 2.34. The van der Waals surface area contributed by atoms with Crippen molar-refractivity contribution in [2.75, 3.05) is 14.1 Å². The van der Waals surface area contributed by atoms with Gasteiger partial charge in [0.25, 0.3) is 0 Å². The number of piperidine rings is 1. The Hall–Kier alpha value is -0.770. The summed E-state index contributed by atoms with van der Waals surface area (Å²) in [5, 5.41) is 3.49. The Morgan fingerprint density at radius 2 is 2.21 bits per heavy atom. The van der Waals surface area contributed by atoms with Crippen molar-refractivity contribution in [1.29, 1.82) is 0 Å². The van der Waals surface area contributed by atoms with E-state index in [2.05, 4.69) is 5.32 Å². The molecule has 2 aliphatic heterocycles. The molecule has 1 amide bonds. The van der Waals surface area contributed by atoms with E-state index in [0.717, 1.165) is 12.8 Å². The van der Waals surface area contributed by atoms with E-state index in [1.165, 1.54) is 17.7 Å². The van der Waals surface area contributed by atoms with Gasteiger partial charge in [0, 0.05) is 32.6 Å². The molecule has 80 valence electrons. The minimum Gasteiger partial charge on any atom is -0.444 e. The zero-order valence-electron chi connectivity index (χ0n) is 8.82. The fourth-order valence-electron chi connectivity index (χ4n) is 2.34. The molecule has 0 radical (unpaired) electrons. The van der Waals surface area contributed by atoms with Crippen molar-refractivity contribution in [3.63, 3.8) is 0 Å². The number of hydrogen-bond donors (Lipinski definition) is 1. The SMILES string of the molecule is CN(C)C(=O)O[C@H]1C[C@@H]2CCC[C@H]1N2. The summed E-state index contributed by atoms with van der Waals surface area (Å²) in [6.45, 7) is 0. The molecule has 14 heavy (non-hydrogen) atoms. The van der Waals surface area contributed by atoms with Crippen molar-refractivity contribution in [3.05, 3.63) is 0 Å². The molecule has 0 aromatic heterocycles. The molecule has 2 fully saturated rings. The first-order chi connectivity index (χ1) is 6.66. The van der Waals surface area contributed by atoms with Crippen LogP contribution in [0.4, 0.5) is 4.79 Å². The first-order valence-electron chi connectivity index (χ1n) is 5.31. The van der Waals surface area contributed by atoms with E-state index in [9.17, 15) is 4.79 Å². The zero-order chi connectivity index (χ0) is 10.1. The van der Waals surface area contributed by atoms with Crippen molar-refractivity contribution in [2.24, 2.45) is 0 Å². The Balaban J connectivity index is 1.90. The van der Waals surface area contributed by atoms with Gasteiger partial charge < -0.3 is 15.0 Å². The lowest BCUT2D eigenvalue weighted by atomic mass is 10.1. The first-order valence-corrected chi connectivity index (χ1v) is 5.31. The molecule has 1 N–H and O–H groups in total. The number of ether oxygens (including phenoxy) is 1. The summed E-state index contributed by atoms with van der Waals surface area (Å²) in [5.74, 6) is 0. The average molecular weight is 198 g/mol. The summed E-state index contributed by atoms with van der Waals surface area (Å²) >= 11 is 0. The molecule has 2 saturated heterocycles. The standard InChI is InChI=1S/C10H18N2O2/c1-12(2)10(13)14-9-6-7-4-3-5-8(9)11-7/h7-9,11H,3-6H2,1-2H3/t7-,8+,9-/m0/s1. The van der Waals surface area contributed by atoms with Gasteiger partial charge in [-0.05, 0) is 12.8 Å². The molecule has 0 unspecified atom stereocenters. The third-order valence-electron chi connectivity index (χ3n) is 3.10. The van der Waals surface area contributed by atoms with Gasteiger partial charge in [0.05, 0.1) is 0 Å². The normalized spacial score (nSPS) is 35.4. The Kier molecular flexibility index (Phi) is 2.63. The predicted octanol–water partition coefficient (Wildman–Crippen LogP) is 0.968.